The second kappa shape index (κ2) is 10.7. The zero-order chi connectivity index (χ0) is 27.0. The number of rotatable bonds is 8. The molecule has 0 aliphatic heterocycles. The summed E-state index contributed by atoms with van der Waals surface area (Å²) in [6, 6.07) is 14.1. The number of carbonyl (C=O) groups excluding carboxylic acids is 1. The molecule has 5 aromatic rings. The van der Waals surface area contributed by atoms with Crippen LogP contribution >= 0.6 is 22.9 Å². The van der Waals surface area contributed by atoms with Crippen LogP contribution in [0.5, 0.6) is 0 Å². The number of halogens is 1. The quantitative estimate of drug-likeness (QED) is 0.256. The number of thiophene rings is 1. The molecule has 3 heterocycles. The fraction of sp³-hybridized carbons (Fsp3) is 0.276. The summed E-state index contributed by atoms with van der Waals surface area (Å²) < 4.78 is 7.61. The van der Waals surface area contributed by atoms with Crippen LogP contribution in [0.15, 0.2) is 68.5 Å². The molecule has 2 N–H and O–H groups in total. The summed E-state index contributed by atoms with van der Waals surface area (Å²) in [6.07, 6.45) is 0. The Hall–Kier alpha value is -3.46. The largest absolute Gasteiger partial charge is 0.448 e. The van der Waals surface area contributed by atoms with Crippen LogP contribution in [0.2, 0.25) is 5.02 Å². The molecular formula is C29H29ClN4O3S. The maximum atomic E-state index is 14.0. The first-order chi connectivity index (χ1) is 18.3. The van der Waals surface area contributed by atoms with E-state index in [2.05, 4.69) is 0 Å². The molecule has 196 valence electrons. The van der Waals surface area contributed by atoms with Gasteiger partial charge in [-0.15, -0.1) is 0 Å². The van der Waals surface area contributed by atoms with Crippen LogP contribution in [-0.4, -0.2) is 33.4 Å². The normalized spacial score (nSPS) is 12.5. The average Bonchev–Trinajstić information content (AvgIpc) is 3.53. The van der Waals surface area contributed by atoms with Gasteiger partial charge in [0, 0.05) is 29.1 Å². The average molecular weight is 549 g/mol. The summed E-state index contributed by atoms with van der Waals surface area (Å²) >= 11 is 7.85. The molecule has 0 radical (unpaired) electrons. The van der Waals surface area contributed by atoms with Crippen molar-refractivity contribution in [1.29, 1.82) is 0 Å². The van der Waals surface area contributed by atoms with Gasteiger partial charge >= 0.3 is 0 Å². The highest BCUT2D eigenvalue weighted by Gasteiger charge is 2.33. The Morgan fingerprint density at radius 1 is 1.18 bits per heavy atom. The third kappa shape index (κ3) is 4.87. The van der Waals surface area contributed by atoms with Crippen molar-refractivity contribution < 1.29 is 9.21 Å². The van der Waals surface area contributed by atoms with Crippen molar-refractivity contribution >= 4 is 50.9 Å². The summed E-state index contributed by atoms with van der Waals surface area (Å²) in [4.78, 5) is 34.6. The van der Waals surface area contributed by atoms with E-state index in [1.807, 2.05) is 61.9 Å². The number of amides is 1. The van der Waals surface area contributed by atoms with Crippen molar-refractivity contribution in [3.8, 4) is 0 Å². The number of aromatic nitrogens is 2. The molecule has 1 amide bonds. The molecule has 0 saturated heterocycles. The fourth-order valence-electron chi connectivity index (χ4n) is 4.82. The first kappa shape index (κ1) is 26.2. The van der Waals surface area contributed by atoms with E-state index < -0.39 is 6.04 Å². The second-order valence-electron chi connectivity index (χ2n) is 9.76. The Kier molecular flexibility index (Phi) is 7.38. The number of hydrogen-bond acceptors (Lipinski definition) is 6. The predicted octanol–water partition coefficient (Wildman–Crippen LogP) is 6.01. The first-order valence-electron chi connectivity index (χ1n) is 12.5. The van der Waals surface area contributed by atoms with E-state index in [1.54, 1.807) is 39.0 Å². The number of nitrogens with zero attached hydrogens (tertiary/aromatic N) is 3. The van der Waals surface area contributed by atoms with Gasteiger partial charge in [0.05, 0.1) is 12.6 Å². The van der Waals surface area contributed by atoms with Crippen LogP contribution < -0.4 is 11.3 Å². The highest BCUT2D eigenvalue weighted by Crippen LogP contribution is 2.33. The fourth-order valence-corrected chi connectivity index (χ4v) is 5.66. The number of furan rings is 1. The standard InChI is InChI=1S/C29H29ClN4O3S/c1-17(2)25(33(12-11-31)28(35)20-6-4-18(3)5-7-20)27-32-24-22-14-21(30)8-9-23(22)37-26(24)29(36)34(27)15-19-10-13-38-16-19/h4-10,13-14,16-17,25H,11-12,15,31H2,1-3H3. The maximum absolute atomic E-state index is 14.0. The molecule has 38 heavy (non-hydrogen) atoms. The van der Waals surface area contributed by atoms with Crippen LogP contribution in [0.3, 0.4) is 0 Å². The maximum Gasteiger partial charge on any atom is 0.297 e. The van der Waals surface area contributed by atoms with E-state index in [0.717, 1.165) is 11.1 Å². The molecule has 0 aliphatic carbocycles. The van der Waals surface area contributed by atoms with Crippen LogP contribution in [0, 0.1) is 12.8 Å². The van der Waals surface area contributed by atoms with Gasteiger partial charge in [-0.3, -0.25) is 14.2 Å². The van der Waals surface area contributed by atoms with E-state index in [9.17, 15) is 9.59 Å². The number of nitrogens with two attached hydrogens (primary N) is 1. The molecule has 5 rings (SSSR count). The minimum Gasteiger partial charge on any atom is -0.448 e. The number of fused-ring (bicyclic) bond motifs is 3. The Morgan fingerprint density at radius 3 is 2.61 bits per heavy atom. The van der Waals surface area contributed by atoms with Crippen molar-refractivity contribution in [2.24, 2.45) is 11.7 Å². The number of hydrogen-bond donors (Lipinski definition) is 1. The molecule has 2 aromatic carbocycles. The molecule has 0 saturated carbocycles. The van der Waals surface area contributed by atoms with Gasteiger partial charge in [0.25, 0.3) is 11.5 Å². The van der Waals surface area contributed by atoms with E-state index in [-0.39, 0.29) is 29.5 Å². The number of benzene rings is 2. The van der Waals surface area contributed by atoms with Crippen LogP contribution in [0.25, 0.3) is 22.1 Å². The van der Waals surface area contributed by atoms with E-state index in [1.165, 1.54) is 0 Å². The Bertz CT molecular complexity index is 1660. The first-order valence-corrected chi connectivity index (χ1v) is 13.8. The Balaban J connectivity index is 1.76. The Morgan fingerprint density at radius 2 is 1.95 bits per heavy atom. The SMILES string of the molecule is Cc1ccc(C(=O)N(CCN)C(c2nc3c(oc4ccc(Cl)cc43)c(=O)n2Cc2ccsc2)C(C)C)cc1. The summed E-state index contributed by atoms with van der Waals surface area (Å²) in [5.41, 5.74) is 9.44. The molecule has 7 nitrogen and oxygen atoms in total. The summed E-state index contributed by atoms with van der Waals surface area (Å²) in [5, 5.41) is 5.15. The van der Waals surface area contributed by atoms with E-state index in [4.69, 9.17) is 26.7 Å². The van der Waals surface area contributed by atoms with Gasteiger partial charge in [0.1, 0.15) is 16.9 Å². The minimum atomic E-state index is -0.521. The lowest BCUT2D eigenvalue weighted by atomic mass is 9.99. The molecule has 0 spiro atoms. The van der Waals surface area contributed by atoms with Crippen molar-refractivity contribution in [3.63, 3.8) is 0 Å². The molecule has 0 aliphatic rings. The van der Waals surface area contributed by atoms with Gasteiger partial charge in [0.15, 0.2) is 0 Å². The molecule has 0 fully saturated rings. The lowest BCUT2D eigenvalue weighted by Crippen LogP contribution is -2.43. The highest BCUT2D eigenvalue weighted by molar-refractivity contribution is 7.07. The molecule has 3 aromatic heterocycles. The monoisotopic (exact) mass is 548 g/mol. The van der Waals surface area contributed by atoms with E-state index in [0.29, 0.717) is 46.0 Å². The van der Waals surface area contributed by atoms with Gasteiger partial charge in [-0.2, -0.15) is 11.3 Å². The Labute approximate surface area is 229 Å². The van der Waals surface area contributed by atoms with Crippen molar-refractivity contribution in [3.05, 3.63) is 97.2 Å². The smallest absolute Gasteiger partial charge is 0.297 e. The van der Waals surface area contributed by atoms with E-state index >= 15 is 0 Å². The molecule has 0 bridgehead atoms. The van der Waals surface area contributed by atoms with Crippen molar-refractivity contribution in [2.75, 3.05) is 13.1 Å². The summed E-state index contributed by atoms with van der Waals surface area (Å²) in [5.74, 6) is 0.252. The third-order valence-corrected chi connectivity index (χ3v) is 7.62. The molecular weight excluding hydrogens is 520 g/mol. The summed E-state index contributed by atoms with van der Waals surface area (Å²) in [6.45, 7) is 6.89. The molecule has 1 atom stereocenters. The zero-order valence-electron chi connectivity index (χ0n) is 21.5. The van der Waals surface area contributed by atoms with Crippen molar-refractivity contribution in [1.82, 2.24) is 14.5 Å². The minimum absolute atomic E-state index is 0.0734. The predicted molar refractivity (Wildman–Crippen MR) is 153 cm³/mol. The molecule has 9 heteroatoms. The topological polar surface area (TPSA) is 94.4 Å². The van der Waals surface area contributed by atoms with Crippen LogP contribution in [0.1, 0.15) is 47.2 Å². The van der Waals surface area contributed by atoms with Gasteiger partial charge in [-0.25, -0.2) is 4.98 Å². The number of carbonyl (C=O) groups is 1. The van der Waals surface area contributed by atoms with Gasteiger partial charge in [-0.1, -0.05) is 43.1 Å². The highest BCUT2D eigenvalue weighted by atomic mass is 35.5. The second-order valence-corrected chi connectivity index (χ2v) is 11.0. The number of aryl methyl sites for hydroxylation is 1. The van der Waals surface area contributed by atoms with Crippen LogP contribution in [0.4, 0.5) is 0 Å². The van der Waals surface area contributed by atoms with Crippen LogP contribution in [-0.2, 0) is 6.54 Å². The van der Waals surface area contributed by atoms with Gasteiger partial charge < -0.3 is 15.1 Å². The zero-order valence-corrected chi connectivity index (χ0v) is 23.1. The third-order valence-electron chi connectivity index (χ3n) is 6.65. The molecule has 1 unspecified atom stereocenters. The summed E-state index contributed by atoms with van der Waals surface area (Å²) in [7, 11) is 0. The lowest BCUT2D eigenvalue weighted by Gasteiger charge is -2.35. The van der Waals surface area contributed by atoms with Crippen molar-refractivity contribution in [2.45, 2.75) is 33.4 Å². The lowest BCUT2D eigenvalue weighted by molar-refractivity contribution is 0.0612. The van der Waals surface area contributed by atoms with Gasteiger partial charge in [0.2, 0.25) is 5.58 Å². The van der Waals surface area contributed by atoms with Gasteiger partial charge in [-0.05, 0) is 65.6 Å².